The lowest BCUT2D eigenvalue weighted by atomic mass is 10.0. The SMILES string of the molecule is COC(=O)[C@@H](NC(=O)[C@@H]([NH3+])C(C)C)C(C)C. The Hall–Kier alpha value is -1.10. The van der Waals surface area contributed by atoms with Gasteiger partial charge >= 0.3 is 5.97 Å². The van der Waals surface area contributed by atoms with Crippen molar-refractivity contribution in [1.82, 2.24) is 5.32 Å². The number of nitrogens with one attached hydrogen (secondary N) is 1. The maximum Gasteiger partial charge on any atom is 0.328 e. The van der Waals surface area contributed by atoms with Crippen LogP contribution < -0.4 is 11.1 Å². The van der Waals surface area contributed by atoms with Crippen molar-refractivity contribution in [3.05, 3.63) is 0 Å². The molecule has 94 valence electrons. The maximum atomic E-state index is 11.7. The van der Waals surface area contributed by atoms with Crippen molar-refractivity contribution in [3.63, 3.8) is 0 Å². The van der Waals surface area contributed by atoms with Crippen molar-refractivity contribution in [2.75, 3.05) is 7.11 Å². The van der Waals surface area contributed by atoms with Gasteiger partial charge in [-0.3, -0.25) is 4.79 Å². The minimum atomic E-state index is -0.597. The van der Waals surface area contributed by atoms with Crippen LogP contribution in [-0.4, -0.2) is 31.1 Å². The smallest absolute Gasteiger partial charge is 0.328 e. The highest BCUT2D eigenvalue weighted by Crippen LogP contribution is 2.05. The molecule has 0 aromatic rings. The Balaban J connectivity index is 4.53. The number of esters is 1. The van der Waals surface area contributed by atoms with Crippen molar-refractivity contribution < 1.29 is 20.1 Å². The van der Waals surface area contributed by atoms with Crippen LogP contribution in [0, 0.1) is 11.8 Å². The lowest BCUT2D eigenvalue weighted by Crippen LogP contribution is -2.71. The number of carbonyl (C=O) groups excluding carboxylic acids is 2. The van der Waals surface area contributed by atoms with Crippen LogP contribution in [0.4, 0.5) is 0 Å². The molecule has 0 fully saturated rings. The summed E-state index contributed by atoms with van der Waals surface area (Å²) in [6.07, 6.45) is 0. The molecule has 0 aromatic heterocycles. The van der Waals surface area contributed by atoms with Gasteiger partial charge in [-0.05, 0) is 5.92 Å². The van der Waals surface area contributed by atoms with Gasteiger partial charge in [0.2, 0.25) is 0 Å². The highest BCUT2D eigenvalue weighted by atomic mass is 16.5. The molecule has 0 saturated heterocycles. The fourth-order valence-corrected chi connectivity index (χ4v) is 1.19. The summed E-state index contributed by atoms with van der Waals surface area (Å²) < 4.78 is 4.64. The van der Waals surface area contributed by atoms with Crippen LogP contribution in [0.5, 0.6) is 0 Å². The summed E-state index contributed by atoms with van der Waals surface area (Å²) >= 11 is 0. The van der Waals surface area contributed by atoms with E-state index in [1.54, 1.807) is 0 Å². The van der Waals surface area contributed by atoms with E-state index in [-0.39, 0.29) is 23.8 Å². The highest BCUT2D eigenvalue weighted by molar-refractivity contribution is 5.86. The van der Waals surface area contributed by atoms with Crippen LogP contribution >= 0.6 is 0 Å². The van der Waals surface area contributed by atoms with E-state index in [0.717, 1.165) is 0 Å². The molecule has 2 atom stereocenters. The topological polar surface area (TPSA) is 83.0 Å². The van der Waals surface area contributed by atoms with Gasteiger partial charge in [0.25, 0.3) is 5.91 Å². The van der Waals surface area contributed by atoms with E-state index in [4.69, 9.17) is 0 Å². The van der Waals surface area contributed by atoms with E-state index in [1.165, 1.54) is 7.11 Å². The standard InChI is InChI=1S/C11H22N2O3/c1-6(2)8(12)10(14)13-9(7(3)4)11(15)16-5/h6-9H,12H2,1-5H3,(H,13,14)/p+1/t8-,9-/m0/s1. The van der Waals surface area contributed by atoms with Crippen molar-refractivity contribution in [3.8, 4) is 0 Å². The van der Waals surface area contributed by atoms with Crippen LogP contribution in [-0.2, 0) is 14.3 Å². The second-order valence-corrected chi connectivity index (χ2v) is 4.60. The lowest BCUT2D eigenvalue weighted by molar-refractivity contribution is -0.414. The zero-order chi connectivity index (χ0) is 12.9. The number of rotatable bonds is 5. The monoisotopic (exact) mass is 231 g/mol. The van der Waals surface area contributed by atoms with Gasteiger partial charge in [0.1, 0.15) is 6.04 Å². The number of carbonyl (C=O) groups is 2. The Morgan fingerprint density at radius 1 is 1.12 bits per heavy atom. The predicted molar refractivity (Wildman–Crippen MR) is 60.3 cm³/mol. The van der Waals surface area contributed by atoms with E-state index in [2.05, 4.69) is 15.8 Å². The summed E-state index contributed by atoms with van der Waals surface area (Å²) in [6, 6.07) is -0.952. The molecular formula is C11H23N2O3+. The summed E-state index contributed by atoms with van der Waals surface area (Å²) in [4.78, 5) is 23.2. The van der Waals surface area contributed by atoms with Crippen LogP contribution in [0.1, 0.15) is 27.7 Å². The van der Waals surface area contributed by atoms with Crippen molar-refractivity contribution >= 4 is 11.9 Å². The second-order valence-electron chi connectivity index (χ2n) is 4.60. The van der Waals surface area contributed by atoms with Crippen LogP contribution in [0.2, 0.25) is 0 Å². The summed E-state index contributed by atoms with van der Waals surface area (Å²) in [5.41, 5.74) is 3.77. The maximum absolute atomic E-state index is 11.7. The molecule has 0 spiro atoms. The Morgan fingerprint density at radius 2 is 1.62 bits per heavy atom. The first-order chi connectivity index (χ1) is 7.31. The van der Waals surface area contributed by atoms with Gasteiger partial charge in [0.15, 0.2) is 6.04 Å². The molecule has 0 rings (SSSR count). The molecule has 0 aliphatic carbocycles. The summed E-state index contributed by atoms with van der Waals surface area (Å²) in [7, 11) is 1.31. The molecule has 5 heteroatoms. The fraction of sp³-hybridized carbons (Fsp3) is 0.818. The largest absolute Gasteiger partial charge is 0.467 e. The molecule has 0 aliphatic heterocycles. The Labute approximate surface area is 96.7 Å². The quantitative estimate of drug-likeness (QED) is 0.630. The molecule has 1 amide bonds. The van der Waals surface area contributed by atoms with E-state index in [1.807, 2.05) is 27.7 Å². The average molecular weight is 231 g/mol. The fourth-order valence-electron chi connectivity index (χ4n) is 1.19. The average Bonchev–Trinajstić information content (AvgIpc) is 2.22. The number of hydrogen-bond donors (Lipinski definition) is 2. The van der Waals surface area contributed by atoms with Gasteiger partial charge in [-0.2, -0.15) is 0 Å². The van der Waals surface area contributed by atoms with Crippen LogP contribution in [0.15, 0.2) is 0 Å². The molecule has 0 heterocycles. The van der Waals surface area contributed by atoms with E-state index in [9.17, 15) is 9.59 Å². The van der Waals surface area contributed by atoms with Gasteiger partial charge in [-0.25, -0.2) is 4.79 Å². The molecule has 16 heavy (non-hydrogen) atoms. The molecule has 0 unspecified atom stereocenters. The van der Waals surface area contributed by atoms with Crippen LogP contribution in [0.3, 0.4) is 0 Å². The highest BCUT2D eigenvalue weighted by Gasteiger charge is 2.29. The Bertz CT molecular complexity index is 252. The van der Waals surface area contributed by atoms with Crippen molar-refractivity contribution in [2.24, 2.45) is 11.8 Å². The zero-order valence-electron chi connectivity index (χ0n) is 10.7. The van der Waals surface area contributed by atoms with Gasteiger partial charge in [-0.1, -0.05) is 27.7 Å². The normalized spacial score (nSPS) is 14.8. The number of quaternary nitrogens is 1. The number of methoxy groups -OCH3 is 1. The summed E-state index contributed by atoms with van der Waals surface area (Å²) in [5, 5.41) is 2.67. The van der Waals surface area contributed by atoms with Gasteiger partial charge < -0.3 is 15.8 Å². The molecule has 0 saturated carbocycles. The molecule has 0 aromatic carbocycles. The summed E-state index contributed by atoms with van der Waals surface area (Å²) in [6.45, 7) is 7.55. The minimum Gasteiger partial charge on any atom is -0.467 e. The third-order valence-corrected chi connectivity index (χ3v) is 2.56. The molecule has 0 bridgehead atoms. The Morgan fingerprint density at radius 3 is 1.94 bits per heavy atom. The molecule has 5 nitrogen and oxygen atoms in total. The third kappa shape index (κ3) is 4.18. The zero-order valence-corrected chi connectivity index (χ0v) is 10.7. The van der Waals surface area contributed by atoms with Gasteiger partial charge in [0.05, 0.1) is 7.11 Å². The number of amides is 1. The second kappa shape index (κ2) is 6.48. The number of ether oxygens (including phenoxy) is 1. The van der Waals surface area contributed by atoms with Crippen molar-refractivity contribution in [2.45, 2.75) is 39.8 Å². The molecular weight excluding hydrogens is 208 g/mol. The van der Waals surface area contributed by atoms with Crippen molar-refractivity contribution in [1.29, 1.82) is 0 Å². The third-order valence-electron chi connectivity index (χ3n) is 2.56. The molecule has 4 N–H and O–H groups in total. The van der Waals surface area contributed by atoms with E-state index in [0.29, 0.717) is 0 Å². The lowest BCUT2D eigenvalue weighted by Gasteiger charge is -2.21. The molecule has 0 aliphatic rings. The number of hydrogen-bond acceptors (Lipinski definition) is 3. The van der Waals surface area contributed by atoms with E-state index < -0.39 is 12.0 Å². The Kier molecular flexibility index (Phi) is 6.03. The van der Waals surface area contributed by atoms with Gasteiger partial charge in [-0.15, -0.1) is 0 Å². The first-order valence-electron chi connectivity index (χ1n) is 5.52. The first-order valence-corrected chi connectivity index (χ1v) is 5.52. The predicted octanol–water partition coefficient (Wildman–Crippen LogP) is -0.433. The first kappa shape index (κ1) is 14.9. The van der Waals surface area contributed by atoms with E-state index >= 15 is 0 Å². The minimum absolute atomic E-state index is 0.00392. The molecule has 0 radical (unpaired) electrons. The summed E-state index contributed by atoms with van der Waals surface area (Å²) in [5.74, 6) is -0.486. The van der Waals surface area contributed by atoms with Crippen LogP contribution in [0.25, 0.3) is 0 Å². The van der Waals surface area contributed by atoms with Gasteiger partial charge in [0, 0.05) is 5.92 Å².